The first-order chi connectivity index (χ1) is 10.6. The number of anilines is 1. The Morgan fingerprint density at radius 1 is 1.64 bits per heavy atom. The van der Waals surface area contributed by atoms with Crippen molar-refractivity contribution >= 4 is 39.3 Å². The zero-order valence-corrected chi connectivity index (χ0v) is 15.0. The Labute approximate surface area is 145 Å². The molecule has 1 unspecified atom stereocenters. The lowest BCUT2D eigenvalue weighted by atomic mass is 10.3. The van der Waals surface area contributed by atoms with Gasteiger partial charge in [-0.25, -0.2) is 9.98 Å². The quantitative estimate of drug-likeness (QED) is 0.603. The Hall–Kier alpha value is -1.27. The van der Waals surface area contributed by atoms with Gasteiger partial charge >= 0.3 is 0 Å². The zero-order valence-electron chi connectivity index (χ0n) is 12.6. The van der Waals surface area contributed by atoms with Crippen LogP contribution in [0.5, 0.6) is 0 Å². The molecule has 0 aromatic carbocycles. The SMILES string of the molecule is C=C(Br)CN=C(NCC)NC1CCN(c2ncccc2Cl)C1. The van der Waals surface area contributed by atoms with E-state index in [1.165, 1.54) is 0 Å². The summed E-state index contributed by atoms with van der Waals surface area (Å²) < 4.78 is 0.859. The molecule has 0 spiro atoms. The Morgan fingerprint density at radius 2 is 2.45 bits per heavy atom. The van der Waals surface area contributed by atoms with Gasteiger partial charge in [-0.2, -0.15) is 0 Å². The molecule has 1 aromatic heterocycles. The number of guanidine groups is 1. The highest BCUT2D eigenvalue weighted by Crippen LogP contribution is 2.25. The molecule has 1 atom stereocenters. The molecule has 2 rings (SSSR count). The molecule has 2 heterocycles. The number of halogens is 2. The van der Waals surface area contributed by atoms with E-state index in [1.807, 2.05) is 12.1 Å². The summed E-state index contributed by atoms with van der Waals surface area (Å²) >= 11 is 9.54. The maximum atomic E-state index is 6.22. The van der Waals surface area contributed by atoms with Gasteiger partial charge in [0.25, 0.3) is 0 Å². The fraction of sp³-hybridized carbons (Fsp3) is 0.467. The lowest BCUT2D eigenvalue weighted by molar-refractivity contribution is 0.650. The van der Waals surface area contributed by atoms with Crippen molar-refractivity contribution in [2.75, 3.05) is 31.1 Å². The van der Waals surface area contributed by atoms with Crippen LogP contribution in [0.25, 0.3) is 0 Å². The van der Waals surface area contributed by atoms with Gasteiger partial charge in [0.15, 0.2) is 5.96 Å². The number of nitrogens with one attached hydrogen (secondary N) is 2. The average Bonchev–Trinajstić information content (AvgIpc) is 2.94. The monoisotopic (exact) mass is 385 g/mol. The molecule has 1 aliphatic heterocycles. The highest BCUT2D eigenvalue weighted by molar-refractivity contribution is 9.11. The van der Waals surface area contributed by atoms with Gasteiger partial charge in [-0.05, 0) is 25.5 Å². The van der Waals surface area contributed by atoms with Crippen molar-refractivity contribution in [3.05, 3.63) is 34.4 Å². The van der Waals surface area contributed by atoms with Crippen molar-refractivity contribution in [2.24, 2.45) is 4.99 Å². The van der Waals surface area contributed by atoms with E-state index >= 15 is 0 Å². The molecule has 0 amide bonds. The van der Waals surface area contributed by atoms with E-state index < -0.39 is 0 Å². The van der Waals surface area contributed by atoms with Gasteiger partial charge in [0.2, 0.25) is 0 Å². The lowest BCUT2D eigenvalue weighted by Crippen LogP contribution is -2.44. The molecule has 0 radical (unpaired) electrons. The second-order valence-electron chi connectivity index (χ2n) is 5.10. The second kappa shape index (κ2) is 8.39. The number of rotatable bonds is 5. The van der Waals surface area contributed by atoms with Crippen LogP contribution < -0.4 is 15.5 Å². The summed E-state index contributed by atoms with van der Waals surface area (Å²) in [6.45, 7) is 9.02. The van der Waals surface area contributed by atoms with Gasteiger partial charge in [-0.3, -0.25) is 0 Å². The molecule has 0 bridgehead atoms. The topological polar surface area (TPSA) is 52.6 Å². The van der Waals surface area contributed by atoms with Crippen LogP contribution in [-0.2, 0) is 0 Å². The van der Waals surface area contributed by atoms with Gasteiger partial charge < -0.3 is 15.5 Å². The minimum atomic E-state index is 0.319. The minimum absolute atomic E-state index is 0.319. The average molecular weight is 387 g/mol. The van der Waals surface area contributed by atoms with Crippen LogP contribution in [0.3, 0.4) is 0 Å². The lowest BCUT2D eigenvalue weighted by Gasteiger charge is -2.20. The zero-order chi connectivity index (χ0) is 15.9. The number of aromatic nitrogens is 1. The minimum Gasteiger partial charge on any atom is -0.357 e. The van der Waals surface area contributed by atoms with Crippen LogP contribution in [0.2, 0.25) is 5.02 Å². The van der Waals surface area contributed by atoms with Gasteiger partial charge in [0.05, 0.1) is 11.6 Å². The summed E-state index contributed by atoms with van der Waals surface area (Å²) in [6, 6.07) is 4.04. The van der Waals surface area contributed by atoms with Crippen molar-refractivity contribution in [2.45, 2.75) is 19.4 Å². The Kier molecular flexibility index (Phi) is 6.51. The molecule has 1 aliphatic rings. The summed E-state index contributed by atoms with van der Waals surface area (Å²) in [5, 5.41) is 7.40. The third-order valence-electron chi connectivity index (χ3n) is 3.32. The second-order valence-corrected chi connectivity index (χ2v) is 6.63. The molecule has 0 saturated carbocycles. The van der Waals surface area contributed by atoms with Crippen molar-refractivity contribution < 1.29 is 0 Å². The fourth-order valence-electron chi connectivity index (χ4n) is 2.36. The third kappa shape index (κ3) is 4.88. The molecule has 22 heavy (non-hydrogen) atoms. The van der Waals surface area contributed by atoms with Gasteiger partial charge in [-0.15, -0.1) is 0 Å². The predicted octanol–water partition coefficient (Wildman–Crippen LogP) is 2.78. The third-order valence-corrected chi connectivity index (χ3v) is 3.87. The van der Waals surface area contributed by atoms with E-state index in [-0.39, 0.29) is 0 Å². The van der Waals surface area contributed by atoms with E-state index in [1.54, 1.807) is 6.20 Å². The summed E-state index contributed by atoms with van der Waals surface area (Å²) in [7, 11) is 0. The van der Waals surface area contributed by atoms with E-state index in [4.69, 9.17) is 11.6 Å². The standard InChI is InChI=1S/C15H21BrClN5/c1-3-18-15(20-9-11(2)16)21-12-6-8-22(10-12)14-13(17)5-4-7-19-14/h4-5,7,12H,2-3,6,8-10H2,1H3,(H2,18,20,21). The van der Waals surface area contributed by atoms with Crippen molar-refractivity contribution in [3.8, 4) is 0 Å². The number of hydrogen-bond acceptors (Lipinski definition) is 3. The van der Waals surface area contributed by atoms with Crippen LogP contribution in [0, 0.1) is 0 Å². The van der Waals surface area contributed by atoms with Gasteiger partial charge in [-0.1, -0.05) is 34.1 Å². The summed E-state index contributed by atoms with van der Waals surface area (Å²) in [4.78, 5) is 11.1. The molecule has 7 heteroatoms. The van der Waals surface area contributed by atoms with Crippen LogP contribution in [0.15, 0.2) is 34.4 Å². The molecule has 1 fully saturated rings. The number of aliphatic imine (C=N–C) groups is 1. The number of pyridine rings is 1. The van der Waals surface area contributed by atoms with E-state index in [9.17, 15) is 0 Å². The van der Waals surface area contributed by atoms with Crippen LogP contribution in [0.4, 0.5) is 5.82 Å². The first-order valence-corrected chi connectivity index (χ1v) is 8.50. The molecular formula is C15H21BrClN5. The Balaban J connectivity index is 1.96. The van der Waals surface area contributed by atoms with E-state index in [2.05, 4.69) is 54.9 Å². The van der Waals surface area contributed by atoms with E-state index in [0.29, 0.717) is 17.6 Å². The number of hydrogen-bond donors (Lipinski definition) is 2. The largest absolute Gasteiger partial charge is 0.357 e. The summed E-state index contributed by atoms with van der Waals surface area (Å²) in [5.74, 6) is 1.66. The highest BCUT2D eigenvalue weighted by Gasteiger charge is 2.25. The normalized spacial score (nSPS) is 18.4. The first kappa shape index (κ1) is 17.1. The van der Waals surface area contributed by atoms with Crippen LogP contribution >= 0.6 is 27.5 Å². The summed E-state index contributed by atoms with van der Waals surface area (Å²) in [5.41, 5.74) is 0. The highest BCUT2D eigenvalue weighted by atomic mass is 79.9. The van der Waals surface area contributed by atoms with Crippen molar-refractivity contribution in [1.82, 2.24) is 15.6 Å². The Morgan fingerprint density at radius 3 is 3.14 bits per heavy atom. The van der Waals surface area contributed by atoms with Gasteiger partial charge in [0.1, 0.15) is 5.82 Å². The predicted molar refractivity (Wildman–Crippen MR) is 97.0 cm³/mol. The smallest absolute Gasteiger partial charge is 0.191 e. The molecule has 2 N–H and O–H groups in total. The molecular weight excluding hydrogens is 366 g/mol. The first-order valence-electron chi connectivity index (χ1n) is 7.33. The van der Waals surface area contributed by atoms with Crippen LogP contribution in [0.1, 0.15) is 13.3 Å². The fourth-order valence-corrected chi connectivity index (χ4v) is 2.73. The summed E-state index contributed by atoms with van der Waals surface area (Å²) in [6.07, 6.45) is 2.79. The van der Waals surface area contributed by atoms with Crippen molar-refractivity contribution in [1.29, 1.82) is 0 Å². The van der Waals surface area contributed by atoms with E-state index in [0.717, 1.165) is 42.3 Å². The Bertz CT molecular complexity index is 548. The van der Waals surface area contributed by atoms with Crippen LogP contribution in [-0.4, -0.2) is 43.2 Å². The maximum absolute atomic E-state index is 6.22. The molecule has 1 saturated heterocycles. The molecule has 0 aliphatic carbocycles. The van der Waals surface area contributed by atoms with Crippen molar-refractivity contribution in [3.63, 3.8) is 0 Å². The molecule has 120 valence electrons. The van der Waals surface area contributed by atoms with Gasteiger partial charge in [0, 0.05) is 36.4 Å². The maximum Gasteiger partial charge on any atom is 0.191 e. The molecule has 1 aromatic rings. The molecule has 5 nitrogen and oxygen atoms in total. The number of nitrogens with zero attached hydrogens (tertiary/aromatic N) is 3.